The van der Waals surface area contributed by atoms with Gasteiger partial charge in [0.15, 0.2) is 5.76 Å². The molecule has 0 unspecified atom stereocenters. The van der Waals surface area contributed by atoms with Crippen LogP contribution in [0.15, 0.2) is 56.8 Å². The third kappa shape index (κ3) is 2.80. The molecule has 128 valence electrons. The number of rotatable bonds is 2. The van der Waals surface area contributed by atoms with Crippen molar-refractivity contribution in [2.24, 2.45) is 0 Å². The molecule has 3 heterocycles. The SMILES string of the molecule is O=C(c1ccco1)N1CC[S+](c2c([O-])c3ccccc3[nH]c2=O)CC1. The highest BCUT2D eigenvalue weighted by molar-refractivity contribution is 7.97. The normalized spacial score (nSPS) is 15.6. The first-order chi connectivity index (χ1) is 12.1. The van der Waals surface area contributed by atoms with Gasteiger partial charge < -0.3 is 19.4 Å². The molecule has 1 aliphatic rings. The van der Waals surface area contributed by atoms with Gasteiger partial charge in [-0.25, -0.2) is 0 Å². The van der Waals surface area contributed by atoms with E-state index in [0.29, 0.717) is 46.2 Å². The topological polar surface area (TPSA) is 89.4 Å². The second-order valence-electron chi connectivity index (χ2n) is 5.83. The van der Waals surface area contributed by atoms with E-state index >= 15 is 0 Å². The lowest BCUT2D eigenvalue weighted by Gasteiger charge is -2.27. The molecule has 1 amide bonds. The number of carbonyl (C=O) groups excluding carboxylic acids is 1. The Labute approximate surface area is 146 Å². The van der Waals surface area contributed by atoms with E-state index in [0.717, 1.165) is 0 Å². The van der Waals surface area contributed by atoms with E-state index in [9.17, 15) is 14.7 Å². The van der Waals surface area contributed by atoms with Crippen molar-refractivity contribution in [3.63, 3.8) is 0 Å². The fraction of sp³-hybridized carbons (Fsp3) is 0.222. The second kappa shape index (κ2) is 6.33. The molecular weight excluding hydrogens is 340 g/mol. The Balaban J connectivity index is 1.58. The Kier molecular flexibility index (Phi) is 4.01. The van der Waals surface area contributed by atoms with Gasteiger partial charge in [-0.05, 0) is 29.3 Å². The highest BCUT2D eigenvalue weighted by Gasteiger charge is 2.34. The number of H-pyrrole nitrogens is 1. The number of amides is 1. The molecule has 1 aromatic carbocycles. The summed E-state index contributed by atoms with van der Waals surface area (Å²) in [4.78, 5) is 29.6. The molecule has 3 aromatic rings. The van der Waals surface area contributed by atoms with Crippen molar-refractivity contribution < 1.29 is 14.3 Å². The van der Waals surface area contributed by atoms with Crippen LogP contribution in [0.25, 0.3) is 10.9 Å². The molecule has 0 radical (unpaired) electrons. The zero-order chi connectivity index (χ0) is 17.4. The van der Waals surface area contributed by atoms with Crippen molar-refractivity contribution in [2.75, 3.05) is 24.6 Å². The number of para-hydroxylation sites is 1. The number of hydrogen-bond donors (Lipinski definition) is 1. The lowest BCUT2D eigenvalue weighted by atomic mass is 10.2. The Morgan fingerprint density at radius 3 is 2.64 bits per heavy atom. The summed E-state index contributed by atoms with van der Waals surface area (Å²) in [6.45, 7) is 1.02. The van der Waals surface area contributed by atoms with Crippen LogP contribution in [0.1, 0.15) is 10.6 Å². The fourth-order valence-corrected chi connectivity index (χ4v) is 5.25. The molecule has 0 spiro atoms. The van der Waals surface area contributed by atoms with Gasteiger partial charge in [-0.2, -0.15) is 0 Å². The minimum absolute atomic E-state index is 0.150. The quantitative estimate of drug-likeness (QED) is 0.702. The molecule has 0 atom stereocenters. The van der Waals surface area contributed by atoms with Crippen molar-refractivity contribution in [3.05, 3.63) is 58.8 Å². The van der Waals surface area contributed by atoms with Crippen LogP contribution in [0.5, 0.6) is 5.75 Å². The Morgan fingerprint density at radius 2 is 1.92 bits per heavy atom. The van der Waals surface area contributed by atoms with Crippen molar-refractivity contribution in [1.82, 2.24) is 9.88 Å². The van der Waals surface area contributed by atoms with Crippen molar-refractivity contribution >= 4 is 27.7 Å². The molecular formula is C18H16N2O4S. The maximum Gasteiger partial charge on any atom is 0.303 e. The van der Waals surface area contributed by atoms with E-state index in [4.69, 9.17) is 4.42 Å². The van der Waals surface area contributed by atoms with Gasteiger partial charge in [0, 0.05) is 16.4 Å². The highest BCUT2D eigenvalue weighted by atomic mass is 32.2. The van der Waals surface area contributed by atoms with Gasteiger partial charge in [0.25, 0.3) is 5.91 Å². The van der Waals surface area contributed by atoms with Crippen LogP contribution in [-0.2, 0) is 10.9 Å². The highest BCUT2D eigenvalue weighted by Crippen LogP contribution is 2.28. The summed E-state index contributed by atoms with van der Waals surface area (Å²) in [5.41, 5.74) is 0.259. The predicted octanol–water partition coefficient (Wildman–Crippen LogP) is 1.33. The van der Waals surface area contributed by atoms with Crippen molar-refractivity contribution in [2.45, 2.75) is 4.90 Å². The minimum Gasteiger partial charge on any atom is -0.868 e. The third-order valence-electron chi connectivity index (χ3n) is 4.36. The van der Waals surface area contributed by atoms with Gasteiger partial charge in [0.05, 0.1) is 19.4 Å². The maximum absolute atomic E-state index is 12.7. The number of benzene rings is 1. The predicted molar refractivity (Wildman–Crippen MR) is 94.0 cm³/mol. The lowest BCUT2D eigenvalue weighted by molar-refractivity contribution is -0.270. The molecule has 1 aliphatic heterocycles. The van der Waals surface area contributed by atoms with Crippen LogP contribution in [0.4, 0.5) is 0 Å². The largest absolute Gasteiger partial charge is 0.868 e. The van der Waals surface area contributed by atoms with E-state index in [2.05, 4.69) is 4.98 Å². The Hall–Kier alpha value is -2.67. The summed E-state index contributed by atoms with van der Waals surface area (Å²) in [6.07, 6.45) is 1.47. The number of aromatic nitrogens is 1. The van der Waals surface area contributed by atoms with Crippen LogP contribution in [-0.4, -0.2) is 40.4 Å². The summed E-state index contributed by atoms with van der Waals surface area (Å²) < 4.78 is 5.15. The van der Waals surface area contributed by atoms with Crippen molar-refractivity contribution in [3.8, 4) is 5.75 Å². The first-order valence-corrected chi connectivity index (χ1v) is 9.54. The number of pyridine rings is 1. The van der Waals surface area contributed by atoms with E-state index in [1.54, 1.807) is 41.3 Å². The van der Waals surface area contributed by atoms with Gasteiger partial charge in [-0.15, -0.1) is 0 Å². The first-order valence-electron chi connectivity index (χ1n) is 7.97. The maximum atomic E-state index is 12.7. The van der Waals surface area contributed by atoms with Crippen LogP contribution >= 0.6 is 0 Å². The van der Waals surface area contributed by atoms with Crippen molar-refractivity contribution in [1.29, 1.82) is 0 Å². The monoisotopic (exact) mass is 356 g/mol. The molecule has 6 nitrogen and oxygen atoms in total. The molecule has 25 heavy (non-hydrogen) atoms. The smallest absolute Gasteiger partial charge is 0.303 e. The number of carbonyl (C=O) groups is 1. The fourth-order valence-electron chi connectivity index (χ4n) is 3.07. The molecule has 0 bridgehead atoms. The van der Waals surface area contributed by atoms with E-state index in [1.165, 1.54) is 6.26 Å². The second-order valence-corrected chi connectivity index (χ2v) is 8.04. The van der Waals surface area contributed by atoms with Crippen LogP contribution in [0.2, 0.25) is 0 Å². The van der Waals surface area contributed by atoms with Crippen LogP contribution in [0, 0.1) is 0 Å². The molecule has 1 saturated heterocycles. The molecule has 1 fully saturated rings. The van der Waals surface area contributed by atoms with Gasteiger partial charge in [-0.3, -0.25) is 9.59 Å². The molecule has 0 saturated carbocycles. The lowest BCUT2D eigenvalue weighted by Crippen LogP contribution is -2.45. The molecule has 7 heteroatoms. The number of hydrogen-bond acceptors (Lipinski definition) is 4. The summed E-state index contributed by atoms with van der Waals surface area (Å²) in [7, 11) is -0.452. The zero-order valence-electron chi connectivity index (χ0n) is 13.4. The minimum atomic E-state index is -0.452. The third-order valence-corrected chi connectivity index (χ3v) is 6.65. The standard InChI is InChI=1S/C18H16N2O4S/c21-15-12-4-1-2-5-13(12)19-17(22)16(15)25-10-7-20(8-11-25)18(23)14-6-3-9-24-14/h1-6,9H,7-8,10-11H2,(H-,19,21,22). The number of nitrogens with one attached hydrogen (secondary N) is 1. The van der Waals surface area contributed by atoms with E-state index in [1.807, 2.05) is 0 Å². The van der Waals surface area contributed by atoms with E-state index < -0.39 is 10.9 Å². The Bertz CT molecular complexity index is 972. The average Bonchev–Trinajstić information content (AvgIpc) is 3.16. The number of fused-ring (bicyclic) bond motifs is 1. The molecule has 1 N–H and O–H groups in total. The summed E-state index contributed by atoms with van der Waals surface area (Å²) in [5, 5.41) is 13.3. The van der Waals surface area contributed by atoms with E-state index in [-0.39, 0.29) is 17.2 Å². The number of nitrogens with zero attached hydrogens (tertiary/aromatic N) is 1. The van der Waals surface area contributed by atoms with Gasteiger partial charge in [-0.1, -0.05) is 18.2 Å². The number of aromatic amines is 1. The number of furan rings is 1. The molecule has 0 aliphatic carbocycles. The Morgan fingerprint density at radius 1 is 1.16 bits per heavy atom. The zero-order valence-corrected chi connectivity index (χ0v) is 14.2. The summed E-state index contributed by atoms with van der Waals surface area (Å²) in [5.74, 6) is 1.21. The van der Waals surface area contributed by atoms with Crippen LogP contribution in [0.3, 0.4) is 0 Å². The van der Waals surface area contributed by atoms with Crippen LogP contribution < -0.4 is 10.7 Å². The molecule has 4 rings (SSSR count). The van der Waals surface area contributed by atoms with Gasteiger partial charge >= 0.3 is 5.56 Å². The van der Waals surface area contributed by atoms with Gasteiger partial charge in [0.1, 0.15) is 11.5 Å². The first kappa shape index (κ1) is 15.8. The summed E-state index contributed by atoms with van der Waals surface area (Å²) >= 11 is 0. The van der Waals surface area contributed by atoms with Gasteiger partial charge in [0.2, 0.25) is 4.90 Å². The average molecular weight is 356 g/mol. The molecule has 2 aromatic heterocycles. The summed E-state index contributed by atoms with van der Waals surface area (Å²) in [6, 6.07) is 10.4.